The number of unbranched alkanes of at least 4 members (excludes halogenated alkanes) is 1. The highest BCUT2D eigenvalue weighted by atomic mass is 32.2. The van der Waals surface area contributed by atoms with Crippen molar-refractivity contribution in [2.24, 2.45) is 5.92 Å². The van der Waals surface area contributed by atoms with Gasteiger partial charge in [0.15, 0.2) is 6.61 Å². The summed E-state index contributed by atoms with van der Waals surface area (Å²) in [5.74, 6) is -1.02. The third-order valence-corrected chi connectivity index (χ3v) is 6.49. The van der Waals surface area contributed by atoms with Crippen LogP contribution in [0.15, 0.2) is 41.3 Å². The van der Waals surface area contributed by atoms with Gasteiger partial charge in [-0.3, -0.25) is 9.59 Å². The number of rotatable bonds is 9. The maximum atomic E-state index is 12.5. The molecule has 1 N–H and O–H groups in total. The fraction of sp³-hybridized carbons (Fsp3) is 0.500. The fourth-order valence-electron chi connectivity index (χ4n) is 2.85. The van der Waals surface area contributed by atoms with Crippen LogP contribution in [0.4, 0.5) is 5.69 Å². The van der Waals surface area contributed by atoms with Crippen molar-refractivity contribution in [3.63, 3.8) is 0 Å². The number of nitrogens with one attached hydrogen (secondary N) is 1. The van der Waals surface area contributed by atoms with E-state index in [1.54, 1.807) is 7.05 Å². The van der Waals surface area contributed by atoms with Gasteiger partial charge in [0.05, 0.1) is 10.8 Å². The van der Waals surface area contributed by atoms with E-state index in [2.05, 4.69) is 5.32 Å². The Hall–Kier alpha value is -2.19. The van der Waals surface area contributed by atoms with Gasteiger partial charge in [0.25, 0.3) is 5.91 Å². The maximum Gasteiger partial charge on any atom is 0.309 e. The molecule has 0 spiro atoms. The molecule has 1 atom stereocenters. The summed E-state index contributed by atoms with van der Waals surface area (Å²) < 4.78 is 31.3. The van der Waals surface area contributed by atoms with Crippen molar-refractivity contribution in [1.82, 2.24) is 4.31 Å². The Labute approximate surface area is 166 Å². The largest absolute Gasteiger partial charge is 0.455 e. The molecule has 0 saturated carbocycles. The van der Waals surface area contributed by atoms with Crippen molar-refractivity contribution < 1.29 is 22.7 Å². The number of amides is 1. The van der Waals surface area contributed by atoms with Crippen LogP contribution < -0.4 is 5.32 Å². The molecule has 7 nitrogen and oxygen atoms in total. The molecule has 1 aromatic rings. The van der Waals surface area contributed by atoms with Crippen LogP contribution in [0.5, 0.6) is 0 Å². The topological polar surface area (TPSA) is 92.8 Å². The molecule has 1 aromatic carbocycles. The van der Waals surface area contributed by atoms with E-state index < -0.39 is 15.9 Å². The molecule has 0 unspecified atom stereocenters. The van der Waals surface area contributed by atoms with Crippen LogP contribution in [0.3, 0.4) is 0 Å². The Morgan fingerprint density at radius 1 is 1.21 bits per heavy atom. The van der Waals surface area contributed by atoms with Crippen molar-refractivity contribution in [2.75, 3.05) is 25.5 Å². The van der Waals surface area contributed by atoms with Crippen molar-refractivity contribution in [3.8, 4) is 0 Å². The number of sulfonamides is 1. The van der Waals surface area contributed by atoms with Crippen molar-refractivity contribution in [2.45, 2.75) is 43.9 Å². The smallest absolute Gasteiger partial charge is 0.309 e. The number of hydrogen-bond acceptors (Lipinski definition) is 5. The monoisotopic (exact) mass is 408 g/mol. The standard InChI is InChI=1S/C20H28N2O5S/c1-3-4-14-22(2)28(25,26)18-12-10-17(11-13-18)21-19(23)15-27-20(24)16-8-6-5-7-9-16/h5-6,10-13,16H,3-4,7-9,14-15H2,1-2H3,(H,21,23)/t16-/m1/s1. The van der Waals surface area contributed by atoms with E-state index >= 15 is 0 Å². The number of carbonyl (C=O) groups excluding carboxylic acids is 2. The third kappa shape index (κ3) is 6.17. The van der Waals surface area contributed by atoms with Gasteiger partial charge in [-0.1, -0.05) is 25.5 Å². The molecule has 28 heavy (non-hydrogen) atoms. The number of allylic oxidation sites excluding steroid dienone is 2. The van der Waals surface area contributed by atoms with E-state index in [0.29, 0.717) is 18.7 Å². The van der Waals surface area contributed by atoms with E-state index in [-0.39, 0.29) is 23.4 Å². The van der Waals surface area contributed by atoms with Crippen LogP contribution in [0, 0.1) is 5.92 Å². The summed E-state index contributed by atoms with van der Waals surface area (Å²) in [5.41, 5.74) is 0.441. The Morgan fingerprint density at radius 2 is 1.93 bits per heavy atom. The van der Waals surface area contributed by atoms with E-state index in [1.165, 1.54) is 28.6 Å². The molecular weight excluding hydrogens is 380 g/mol. The zero-order valence-electron chi connectivity index (χ0n) is 16.4. The number of anilines is 1. The molecule has 154 valence electrons. The first-order chi connectivity index (χ1) is 13.3. The number of ether oxygens (including phenoxy) is 1. The molecule has 2 rings (SSSR count). The van der Waals surface area contributed by atoms with Crippen molar-refractivity contribution in [3.05, 3.63) is 36.4 Å². The van der Waals surface area contributed by atoms with Gasteiger partial charge in [0, 0.05) is 19.3 Å². The van der Waals surface area contributed by atoms with E-state index in [9.17, 15) is 18.0 Å². The zero-order chi connectivity index (χ0) is 20.6. The van der Waals surface area contributed by atoms with Crippen LogP contribution in [0.2, 0.25) is 0 Å². The number of hydrogen-bond donors (Lipinski definition) is 1. The summed E-state index contributed by atoms with van der Waals surface area (Å²) in [5, 5.41) is 2.60. The highest BCUT2D eigenvalue weighted by Gasteiger charge is 2.22. The van der Waals surface area contributed by atoms with E-state index in [0.717, 1.165) is 25.7 Å². The minimum absolute atomic E-state index is 0.167. The SMILES string of the molecule is CCCCN(C)S(=O)(=O)c1ccc(NC(=O)COC(=O)[C@@H]2CC=CCC2)cc1. The Kier molecular flexibility index (Phi) is 8.19. The quantitative estimate of drug-likeness (QED) is 0.501. The van der Waals surface area contributed by atoms with Crippen LogP contribution in [-0.2, 0) is 24.3 Å². The summed E-state index contributed by atoms with van der Waals surface area (Å²) >= 11 is 0. The van der Waals surface area contributed by atoms with Crippen LogP contribution in [-0.4, -0.2) is 44.8 Å². The van der Waals surface area contributed by atoms with Gasteiger partial charge in [0.1, 0.15) is 0 Å². The Bertz CT molecular complexity index is 802. The molecule has 0 aromatic heterocycles. The number of carbonyl (C=O) groups is 2. The number of benzene rings is 1. The Morgan fingerprint density at radius 3 is 2.54 bits per heavy atom. The average Bonchev–Trinajstić information content (AvgIpc) is 2.71. The lowest BCUT2D eigenvalue weighted by Gasteiger charge is -2.17. The summed E-state index contributed by atoms with van der Waals surface area (Å²) in [6.07, 6.45) is 7.90. The summed E-state index contributed by atoms with van der Waals surface area (Å²) in [6.45, 7) is 2.10. The van der Waals surface area contributed by atoms with Gasteiger partial charge in [-0.15, -0.1) is 0 Å². The minimum atomic E-state index is -3.54. The third-order valence-electron chi connectivity index (χ3n) is 4.62. The van der Waals surface area contributed by atoms with Gasteiger partial charge in [-0.2, -0.15) is 0 Å². The summed E-state index contributed by atoms with van der Waals surface area (Å²) in [6, 6.07) is 5.94. The highest BCUT2D eigenvalue weighted by Crippen LogP contribution is 2.20. The summed E-state index contributed by atoms with van der Waals surface area (Å²) in [7, 11) is -1.99. The molecule has 0 radical (unpaired) electrons. The normalized spacial score (nSPS) is 16.8. The number of esters is 1. The zero-order valence-corrected chi connectivity index (χ0v) is 17.2. The molecule has 0 aliphatic heterocycles. The second-order valence-corrected chi connectivity index (χ2v) is 8.89. The van der Waals surface area contributed by atoms with Gasteiger partial charge < -0.3 is 10.1 Å². The molecule has 1 aliphatic carbocycles. The van der Waals surface area contributed by atoms with Crippen LogP contribution in [0.1, 0.15) is 39.0 Å². The molecule has 1 aliphatic rings. The first-order valence-corrected chi connectivity index (χ1v) is 11.0. The maximum absolute atomic E-state index is 12.5. The van der Waals surface area contributed by atoms with Crippen molar-refractivity contribution >= 4 is 27.6 Å². The van der Waals surface area contributed by atoms with Crippen LogP contribution >= 0.6 is 0 Å². The molecule has 8 heteroatoms. The molecule has 0 heterocycles. The first-order valence-electron chi connectivity index (χ1n) is 9.52. The first kappa shape index (κ1) is 22.1. The second kappa shape index (κ2) is 10.4. The lowest BCUT2D eigenvalue weighted by molar-refractivity contribution is -0.151. The molecule has 0 bridgehead atoms. The van der Waals surface area contributed by atoms with Gasteiger partial charge in [0.2, 0.25) is 10.0 Å². The van der Waals surface area contributed by atoms with Gasteiger partial charge in [-0.25, -0.2) is 12.7 Å². The molecule has 1 amide bonds. The predicted octanol–water partition coefficient (Wildman–Crippen LogP) is 2.95. The molecule has 0 saturated heterocycles. The average molecular weight is 409 g/mol. The lowest BCUT2D eigenvalue weighted by atomic mass is 9.95. The van der Waals surface area contributed by atoms with Gasteiger partial charge >= 0.3 is 5.97 Å². The van der Waals surface area contributed by atoms with E-state index in [1.807, 2.05) is 19.1 Å². The van der Waals surface area contributed by atoms with Crippen molar-refractivity contribution in [1.29, 1.82) is 0 Å². The predicted molar refractivity (Wildman–Crippen MR) is 107 cm³/mol. The second-order valence-electron chi connectivity index (χ2n) is 6.84. The fourth-order valence-corrected chi connectivity index (χ4v) is 4.06. The highest BCUT2D eigenvalue weighted by molar-refractivity contribution is 7.89. The van der Waals surface area contributed by atoms with Gasteiger partial charge in [-0.05, 0) is 49.9 Å². The lowest BCUT2D eigenvalue weighted by Crippen LogP contribution is -2.28. The van der Waals surface area contributed by atoms with Crippen LogP contribution in [0.25, 0.3) is 0 Å². The molecule has 0 fully saturated rings. The summed E-state index contributed by atoms with van der Waals surface area (Å²) in [4.78, 5) is 24.1. The van der Waals surface area contributed by atoms with E-state index in [4.69, 9.17) is 4.74 Å². The minimum Gasteiger partial charge on any atom is -0.455 e. The Balaban J connectivity index is 1.86. The molecular formula is C20H28N2O5S. The number of nitrogens with zero attached hydrogens (tertiary/aromatic N) is 1.